The lowest BCUT2D eigenvalue weighted by Gasteiger charge is -2.32. The first-order chi connectivity index (χ1) is 19.9. The quantitative estimate of drug-likeness (QED) is 0.270. The Labute approximate surface area is 257 Å². The number of rotatable bonds is 13. The Morgan fingerprint density at radius 2 is 1.43 bits per heavy atom. The van der Waals surface area contributed by atoms with E-state index in [0.29, 0.717) is 22.3 Å². The van der Waals surface area contributed by atoms with Gasteiger partial charge >= 0.3 is 0 Å². The molecule has 0 aromatic heterocycles. The summed E-state index contributed by atoms with van der Waals surface area (Å²) in [5, 5.41) is 3.78. The van der Waals surface area contributed by atoms with Crippen molar-refractivity contribution >= 4 is 50.7 Å². The Kier molecular flexibility index (Phi) is 11.5. The van der Waals surface area contributed by atoms with Crippen LogP contribution in [0.2, 0.25) is 10.0 Å². The lowest BCUT2D eigenvalue weighted by atomic mass is 10.1. The average Bonchev–Trinajstić information content (AvgIpc) is 2.97. The molecule has 0 aliphatic carbocycles. The normalized spacial score (nSPS) is 12.0. The summed E-state index contributed by atoms with van der Waals surface area (Å²) >= 11 is 12.1. The number of anilines is 1. The van der Waals surface area contributed by atoms with Crippen molar-refractivity contribution in [2.24, 2.45) is 5.92 Å². The predicted molar refractivity (Wildman–Crippen MR) is 165 cm³/mol. The SMILES string of the molecule is COc1ccc(S(=O)(=O)N(CC(=O)N(Cc2ccc(Cl)cc2)[C@@H](C)C(=O)NCC(C)C)c2ccc(Cl)cc2)cc1OC. The van der Waals surface area contributed by atoms with Crippen molar-refractivity contribution in [1.82, 2.24) is 10.2 Å². The van der Waals surface area contributed by atoms with Crippen molar-refractivity contribution < 1.29 is 27.5 Å². The predicted octanol–water partition coefficient (Wildman–Crippen LogP) is 5.40. The minimum Gasteiger partial charge on any atom is -0.493 e. The van der Waals surface area contributed by atoms with Crippen LogP contribution in [0.4, 0.5) is 5.69 Å². The van der Waals surface area contributed by atoms with Crippen LogP contribution in [0.15, 0.2) is 71.6 Å². The first-order valence-electron chi connectivity index (χ1n) is 13.2. The number of halogens is 2. The number of benzene rings is 3. The van der Waals surface area contributed by atoms with Crippen LogP contribution in [0.5, 0.6) is 11.5 Å². The van der Waals surface area contributed by atoms with E-state index in [0.717, 1.165) is 9.87 Å². The van der Waals surface area contributed by atoms with E-state index in [9.17, 15) is 18.0 Å². The number of ether oxygens (including phenoxy) is 2. The van der Waals surface area contributed by atoms with Gasteiger partial charge in [0.05, 0.1) is 24.8 Å². The third-order valence-electron chi connectivity index (χ3n) is 6.45. The Morgan fingerprint density at radius 1 is 0.857 bits per heavy atom. The molecule has 0 aliphatic heterocycles. The van der Waals surface area contributed by atoms with Gasteiger partial charge in [-0.15, -0.1) is 0 Å². The second kappa shape index (κ2) is 14.6. The van der Waals surface area contributed by atoms with Crippen LogP contribution in [0.1, 0.15) is 26.3 Å². The molecule has 3 aromatic carbocycles. The zero-order valence-corrected chi connectivity index (χ0v) is 26.5. The van der Waals surface area contributed by atoms with E-state index < -0.39 is 28.5 Å². The van der Waals surface area contributed by atoms with Crippen LogP contribution in [0.25, 0.3) is 0 Å². The summed E-state index contributed by atoms with van der Waals surface area (Å²) in [7, 11) is -1.47. The van der Waals surface area contributed by atoms with E-state index in [-0.39, 0.29) is 34.7 Å². The maximum atomic E-state index is 14.1. The van der Waals surface area contributed by atoms with Gasteiger partial charge in [-0.25, -0.2) is 8.42 Å². The Hall–Kier alpha value is -3.47. The topological polar surface area (TPSA) is 105 Å². The zero-order valence-electron chi connectivity index (χ0n) is 24.1. The summed E-state index contributed by atoms with van der Waals surface area (Å²) in [6.45, 7) is 5.43. The third-order valence-corrected chi connectivity index (χ3v) is 8.73. The van der Waals surface area contributed by atoms with Crippen molar-refractivity contribution in [3.05, 3.63) is 82.3 Å². The molecule has 0 bridgehead atoms. The molecule has 226 valence electrons. The second-order valence-electron chi connectivity index (χ2n) is 9.97. The molecule has 0 fully saturated rings. The fourth-order valence-electron chi connectivity index (χ4n) is 4.06. The molecule has 2 amide bonds. The highest BCUT2D eigenvalue weighted by Crippen LogP contribution is 2.32. The number of amides is 2. The van der Waals surface area contributed by atoms with Crippen LogP contribution < -0.4 is 19.1 Å². The molecule has 3 aromatic rings. The minimum atomic E-state index is -4.31. The highest BCUT2D eigenvalue weighted by Gasteiger charge is 2.33. The molecule has 0 radical (unpaired) electrons. The standard InChI is InChI=1S/C30H35Cl2N3O6S/c1-20(2)17-33-30(37)21(3)34(18-22-6-8-23(31)9-7-22)29(36)19-35(25-12-10-24(32)11-13-25)42(38,39)26-14-15-27(40-4)28(16-26)41-5/h6-16,20-21H,17-19H2,1-5H3,(H,33,37)/t21-/m0/s1. The first kappa shape index (κ1) is 33.0. The van der Waals surface area contributed by atoms with Crippen LogP contribution in [0, 0.1) is 5.92 Å². The average molecular weight is 637 g/mol. The van der Waals surface area contributed by atoms with Gasteiger partial charge in [0.25, 0.3) is 10.0 Å². The fraction of sp³-hybridized carbons (Fsp3) is 0.333. The summed E-state index contributed by atoms with van der Waals surface area (Å²) in [6, 6.07) is 16.2. The molecule has 9 nitrogen and oxygen atoms in total. The number of hydrogen-bond acceptors (Lipinski definition) is 6. The van der Waals surface area contributed by atoms with Crippen molar-refractivity contribution in [1.29, 1.82) is 0 Å². The third kappa shape index (κ3) is 8.30. The molecule has 3 rings (SSSR count). The Morgan fingerprint density at radius 3 is 1.98 bits per heavy atom. The summed E-state index contributed by atoms with van der Waals surface area (Å²) in [5.41, 5.74) is 0.933. The summed E-state index contributed by atoms with van der Waals surface area (Å²) < 4.78 is 39.7. The van der Waals surface area contributed by atoms with Crippen molar-refractivity contribution in [2.75, 3.05) is 31.6 Å². The van der Waals surface area contributed by atoms with Gasteiger partial charge in [-0.2, -0.15) is 0 Å². The number of hydrogen-bond donors (Lipinski definition) is 1. The lowest BCUT2D eigenvalue weighted by Crippen LogP contribution is -2.51. The van der Waals surface area contributed by atoms with E-state index in [1.54, 1.807) is 31.2 Å². The number of carbonyl (C=O) groups is 2. The molecule has 0 spiro atoms. The molecule has 0 saturated heterocycles. The molecule has 0 unspecified atom stereocenters. The molecule has 1 atom stereocenters. The van der Waals surface area contributed by atoms with Gasteiger partial charge < -0.3 is 19.7 Å². The van der Waals surface area contributed by atoms with E-state index in [4.69, 9.17) is 32.7 Å². The van der Waals surface area contributed by atoms with Gasteiger partial charge in [0, 0.05) is 29.2 Å². The lowest BCUT2D eigenvalue weighted by molar-refractivity contribution is -0.139. The molecule has 0 heterocycles. The van der Waals surface area contributed by atoms with Gasteiger partial charge in [0.2, 0.25) is 11.8 Å². The van der Waals surface area contributed by atoms with Gasteiger partial charge in [0.15, 0.2) is 11.5 Å². The molecular formula is C30H35Cl2N3O6S. The first-order valence-corrected chi connectivity index (χ1v) is 15.4. The minimum absolute atomic E-state index is 0.0527. The maximum Gasteiger partial charge on any atom is 0.264 e. The molecule has 42 heavy (non-hydrogen) atoms. The van der Waals surface area contributed by atoms with E-state index in [1.807, 2.05) is 13.8 Å². The smallest absolute Gasteiger partial charge is 0.264 e. The van der Waals surface area contributed by atoms with Crippen molar-refractivity contribution in [2.45, 2.75) is 38.3 Å². The second-order valence-corrected chi connectivity index (χ2v) is 12.7. The summed E-state index contributed by atoms with van der Waals surface area (Å²) in [4.78, 5) is 28.3. The Balaban J connectivity index is 2.04. The highest BCUT2D eigenvalue weighted by atomic mass is 35.5. The van der Waals surface area contributed by atoms with Crippen molar-refractivity contribution in [3.63, 3.8) is 0 Å². The molecule has 12 heteroatoms. The number of methoxy groups -OCH3 is 2. The molecular weight excluding hydrogens is 601 g/mol. The van der Waals surface area contributed by atoms with Gasteiger partial charge in [-0.05, 0) is 66.9 Å². The largest absolute Gasteiger partial charge is 0.493 e. The number of nitrogens with one attached hydrogen (secondary N) is 1. The molecule has 0 aliphatic rings. The van der Waals surface area contributed by atoms with Gasteiger partial charge in [0.1, 0.15) is 12.6 Å². The van der Waals surface area contributed by atoms with Crippen LogP contribution in [-0.4, -0.2) is 58.5 Å². The van der Waals surface area contributed by atoms with Gasteiger partial charge in [-0.1, -0.05) is 49.2 Å². The zero-order chi connectivity index (χ0) is 31.0. The fourth-order valence-corrected chi connectivity index (χ4v) is 5.74. The van der Waals surface area contributed by atoms with E-state index in [1.165, 1.54) is 61.6 Å². The summed E-state index contributed by atoms with van der Waals surface area (Å²) in [6.07, 6.45) is 0. The van der Waals surface area contributed by atoms with Crippen LogP contribution >= 0.6 is 23.2 Å². The van der Waals surface area contributed by atoms with E-state index in [2.05, 4.69) is 5.32 Å². The Bertz CT molecular complexity index is 1480. The van der Waals surface area contributed by atoms with Crippen molar-refractivity contribution in [3.8, 4) is 11.5 Å². The summed E-state index contributed by atoms with van der Waals surface area (Å²) in [5.74, 6) is -0.182. The number of carbonyl (C=O) groups excluding carboxylic acids is 2. The van der Waals surface area contributed by atoms with Crippen LogP contribution in [0.3, 0.4) is 0 Å². The van der Waals surface area contributed by atoms with E-state index >= 15 is 0 Å². The van der Waals surface area contributed by atoms with Crippen LogP contribution in [-0.2, 0) is 26.2 Å². The molecule has 0 saturated carbocycles. The molecule has 1 N–H and O–H groups in total. The maximum absolute atomic E-state index is 14.1. The highest BCUT2D eigenvalue weighted by molar-refractivity contribution is 7.92. The number of sulfonamides is 1. The van der Waals surface area contributed by atoms with Gasteiger partial charge in [-0.3, -0.25) is 13.9 Å². The number of nitrogens with zero attached hydrogens (tertiary/aromatic N) is 2. The monoisotopic (exact) mass is 635 g/mol.